The maximum Gasteiger partial charge on any atom is 0.247 e. The summed E-state index contributed by atoms with van der Waals surface area (Å²) < 4.78 is 1.48. The summed E-state index contributed by atoms with van der Waals surface area (Å²) in [7, 11) is 0. The van der Waals surface area contributed by atoms with Crippen LogP contribution in [-0.4, -0.2) is 20.7 Å². The molecule has 2 rings (SSSR count). The molecular formula is C9H11N5OS. The highest BCUT2D eigenvalue weighted by atomic mass is 32.1. The number of nitrogens with zero attached hydrogens (tertiary/aromatic N) is 3. The van der Waals surface area contributed by atoms with Gasteiger partial charge < -0.3 is 11.1 Å². The van der Waals surface area contributed by atoms with Crippen molar-refractivity contribution in [3.63, 3.8) is 0 Å². The van der Waals surface area contributed by atoms with Gasteiger partial charge in [0, 0.05) is 17.3 Å². The Balaban J connectivity index is 1.94. The first-order chi connectivity index (χ1) is 7.63. The quantitative estimate of drug-likeness (QED) is 0.829. The molecule has 0 unspecified atom stereocenters. The summed E-state index contributed by atoms with van der Waals surface area (Å²) >= 11 is 1.43. The molecule has 0 fully saturated rings. The van der Waals surface area contributed by atoms with Crippen LogP contribution in [0.2, 0.25) is 0 Å². The van der Waals surface area contributed by atoms with Crippen molar-refractivity contribution in [2.24, 2.45) is 0 Å². The molecule has 0 atom stereocenters. The van der Waals surface area contributed by atoms with Crippen LogP contribution in [0.25, 0.3) is 0 Å². The Morgan fingerprint density at radius 2 is 2.50 bits per heavy atom. The Bertz CT molecular complexity index is 459. The Labute approximate surface area is 96.1 Å². The molecule has 0 radical (unpaired) electrons. The lowest BCUT2D eigenvalue weighted by molar-refractivity contribution is -0.116. The monoisotopic (exact) mass is 237 g/mol. The van der Waals surface area contributed by atoms with Gasteiger partial charge in [-0.05, 0) is 13.0 Å². The van der Waals surface area contributed by atoms with E-state index in [0.29, 0.717) is 10.9 Å². The molecule has 2 heterocycles. The summed E-state index contributed by atoms with van der Waals surface area (Å²) in [5.41, 5.74) is 5.44. The Hall–Kier alpha value is -1.89. The number of carbonyl (C=O) groups excluding carboxylic acids is 1. The maximum atomic E-state index is 11.6. The van der Waals surface area contributed by atoms with Crippen LogP contribution in [0.4, 0.5) is 10.9 Å². The number of carbonyl (C=O) groups is 1. The first kappa shape index (κ1) is 10.6. The predicted octanol–water partition coefficient (Wildman–Crippen LogP) is 0.869. The third kappa shape index (κ3) is 2.57. The number of thiazole rings is 1. The van der Waals surface area contributed by atoms with Gasteiger partial charge >= 0.3 is 0 Å². The first-order valence-electron chi connectivity index (χ1n) is 4.65. The Kier molecular flexibility index (Phi) is 2.86. The van der Waals surface area contributed by atoms with Crippen LogP contribution < -0.4 is 11.1 Å². The molecule has 16 heavy (non-hydrogen) atoms. The number of amides is 1. The molecule has 0 saturated carbocycles. The Morgan fingerprint density at radius 1 is 1.69 bits per heavy atom. The lowest BCUT2D eigenvalue weighted by Crippen LogP contribution is -2.18. The van der Waals surface area contributed by atoms with Gasteiger partial charge in [-0.2, -0.15) is 5.10 Å². The van der Waals surface area contributed by atoms with Gasteiger partial charge in [0.05, 0.1) is 0 Å². The number of aromatic nitrogens is 3. The molecule has 7 heteroatoms. The molecule has 3 N–H and O–H groups in total. The summed E-state index contributed by atoms with van der Waals surface area (Å²) in [6.45, 7) is 2.07. The van der Waals surface area contributed by atoms with Crippen LogP contribution in [0, 0.1) is 6.92 Å². The molecule has 6 nitrogen and oxygen atoms in total. The Morgan fingerprint density at radius 3 is 3.06 bits per heavy atom. The number of hydrogen-bond acceptors (Lipinski definition) is 5. The fourth-order valence-corrected chi connectivity index (χ4v) is 1.86. The molecular weight excluding hydrogens is 226 g/mol. The molecule has 84 valence electrons. The SMILES string of the molecule is Cc1cnc(NC(=O)Cn2ccc(N)n2)s1. The minimum absolute atomic E-state index is 0.135. The molecule has 0 spiro atoms. The number of rotatable bonds is 3. The van der Waals surface area contributed by atoms with Crippen molar-refractivity contribution in [3.05, 3.63) is 23.3 Å². The molecule has 0 aromatic carbocycles. The molecule has 2 aromatic rings. The average Bonchev–Trinajstić information content (AvgIpc) is 2.76. The van der Waals surface area contributed by atoms with E-state index in [0.717, 1.165) is 4.88 Å². The number of nitrogens with one attached hydrogen (secondary N) is 1. The third-order valence-electron chi connectivity index (χ3n) is 1.83. The summed E-state index contributed by atoms with van der Waals surface area (Å²) in [4.78, 5) is 16.6. The van der Waals surface area contributed by atoms with Crippen LogP contribution in [-0.2, 0) is 11.3 Å². The summed E-state index contributed by atoms with van der Waals surface area (Å²) in [5.74, 6) is 0.232. The minimum atomic E-state index is -0.169. The number of anilines is 2. The van der Waals surface area contributed by atoms with Crippen LogP contribution in [0.1, 0.15) is 4.88 Å². The standard InChI is InChI=1S/C9H11N5OS/c1-6-4-11-9(16-6)12-8(15)5-14-3-2-7(10)13-14/h2-4H,5H2,1H3,(H2,10,13)(H,11,12,15). The van der Waals surface area contributed by atoms with Crippen LogP contribution >= 0.6 is 11.3 Å². The molecule has 0 aliphatic heterocycles. The van der Waals surface area contributed by atoms with E-state index in [1.165, 1.54) is 16.0 Å². The number of nitrogen functional groups attached to an aromatic ring is 1. The molecule has 0 bridgehead atoms. The van der Waals surface area contributed by atoms with Gasteiger partial charge in [-0.3, -0.25) is 9.48 Å². The van der Waals surface area contributed by atoms with E-state index in [4.69, 9.17) is 5.73 Å². The van der Waals surface area contributed by atoms with Crippen LogP contribution in [0.15, 0.2) is 18.5 Å². The van der Waals surface area contributed by atoms with Gasteiger partial charge in [0.15, 0.2) is 5.13 Å². The van der Waals surface area contributed by atoms with Gasteiger partial charge in [-0.1, -0.05) is 0 Å². The molecule has 0 saturated heterocycles. The van der Waals surface area contributed by atoms with Crippen molar-refractivity contribution in [2.45, 2.75) is 13.5 Å². The van der Waals surface area contributed by atoms with Crippen molar-refractivity contribution >= 4 is 28.2 Å². The highest BCUT2D eigenvalue weighted by molar-refractivity contribution is 7.15. The van der Waals surface area contributed by atoms with Gasteiger partial charge in [-0.25, -0.2) is 4.98 Å². The smallest absolute Gasteiger partial charge is 0.247 e. The molecule has 1 amide bonds. The number of nitrogens with two attached hydrogens (primary N) is 1. The van der Waals surface area contributed by atoms with Gasteiger partial charge in [0.2, 0.25) is 5.91 Å². The zero-order valence-corrected chi connectivity index (χ0v) is 9.49. The average molecular weight is 237 g/mol. The third-order valence-corrected chi connectivity index (χ3v) is 2.66. The van der Waals surface area contributed by atoms with E-state index < -0.39 is 0 Å². The molecule has 0 aliphatic carbocycles. The fraction of sp³-hybridized carbons (Fsp3) is 0.222. The van der Waals surface area contributed by atoms with Gasteiger partial charge in [0.1, 0.15) is 12.4 Å². The lowest BCUT2D eigenvalue weighted by atomic mass is 10.6. The highest BCUT2D eigenvalue weighted by Crippen LogP contribution is 2.16. The van der Waals surface area contributed by atoms with E-state index in [1.807, 2.05) is 6.92 Å². The summed E-state index contributed by atoms with van der Waals surface area (Å²) in [5, 5.41) is 7.20. The lowest BCUT2D eigenvalue weighted by Gasteiger charge is -2.01. The zero-order chi connectivity index (χ0) is 11.5. The second-order valence-electron chi connectivity index (χ2n) is 3.26. The van der Waals surface area contributed by atoms with Gasteiger partial charge in [-0.15, -0.1) is 11.3 Å². The number of aryl methyl sites for hydroxylation is 1. The number of hydrogen-bond donors (Lipinski definition) is 2. The predicted molar refractivity (Wildman–Crippen MR) is 62.1 cm³/mol. The summed E-state index contributed by atoms with van der Waals surface area (Å²) in [6, 6.07) is 1.64. The van der Waals surface area contributed by atoms with Crippen LogP contribution in [0.5, 0.6) is 0 Å². The van der Waals surface area contributed by atoms with Crippen molar-refractivity contribution < 1.29 is 4.79 Å². The van der Waals surface area contributed by atoms with E-state index in [-0.39, 0.29) is 12.5 Å². The van der Waals surface area contributed by atoms with Crippen molar-refractivity contribution in [2.75, 3.05) is 11.1 Å². The van der Waals surface area contributed by atoms with Crippen LogP contribution in [0.3, 0.4) is 0 Å². The molecule has 2 aromatic heterocycles. The van der Waals surface area contributed by atoms with E-state index in [9.17, 15) is 4.79 Å². The van der Waals surface area contributed by atoms with E-state index in [2.05, 4.69) is 15.4 Å². The highest BCUT2D eigenvalue weighted by Gasteiger charge is 2.06. The summed E-state index contributed by atoms with van der Waals surface area (Å²) in [6.07, 6.45) is 3.37. The second kappa shape index (κ2) is 4.31. The minimum Gasteiger partial charge on any atom is -0.382 e. The van der Waals surface area contributed by atoms with E-state index >= 15 is 0 Å². The maximum absolute atomic E-state index is 11.6. The van der Waals surface area contributed by atoms with Crippen molar-refractivity contribution in [1.29, 1.82) is 0 Å². The largest absolute Gasteiger partial charge is 0.382 e. The zero-order valence-electron chi connectivity index (χ0n) is 8.67. The second-order valence-corrected chi connectivity index (χ2v) is 4.50. The molecule has 0 aliphatic rings. The van der Waals surface area contributed by atoms with Crippen molar-refractivity contribution in [1.82, 2.24) is 14.8 Å². The fourth-order valence-electron chi connectivity index (χ4n) is 1.18. The topological polar surface area (TPSA) is 85.8 Å². The van der Waals surface area contributed by atoms with Gasteiger partial charge in [0.25, 0.3) is 0 Å². The first-order valence-corrected chi connectivity index (χ1v) is 5.46. The normalized spacial score (nSPS) is 10.3. The van der Waals surface area contributed by atoms with E-state index in [1.54, 1.807) is 18.5 Å². The van der Waals surface area contributed by atoms with Crippen molar-refractivity contribution in [3.8, 4) is 0 Å².